The molecule has 4 aromatic rings. The summed E-state index contributed by atoms with van der Waals surface area (Å²) in [5.74, 6) is 1.49. The minimum absolute atomic E-state index is 0.100. The highest BCUT2D eigenvalue weighted by Gasteiger charge is 2.14. The van der Waals surface area contributed by atoms with Crippen LogP contribution in [0.15, 0.2) is 88.2 Å². The number of rotatable bonds is 7. The van der Waals surface area contributed by atoms with Crippen LogP contribution in [0.1, 0.15) is 17.9 Å². The highest BCUT2D eigenvalue weighted by molar-refractivity contribution is 7.86. The quantitative estimate of drug-likeness (QED) is 0.287. The minimum Gasteiger partial charge on any atom is -0.494 e. The molecule has 0 saturated heterocycles. The molecule has 0 aliphatic heterocycles. The van der Waals surface area contributed by atoms with Gasteiger partial charge in [0.2, 0.25) is 0 Å². The van der Waals surface area contributed by atoms with Crippen molar-refractivity contribution >= 4 is 21.2 Å². The van der Waals surface area contributed by atoms with Crippen molar-refractivity contribution in [2.45, 2.75) is 25.2 Å². The molecular weight excluding hydrogens is 414 g/mol. The molecule has 31 heavy (non-hydrogen) atoms. The molecule has 7 heteroatoms. The molecule has 0 unspecified atom stereocenters. The molecular formula is C24H25NO5S. The predicted octanol–water partition coefficient (Wildman–Crippen LogP) is 5.31. The molecule has 4 rings (SSSR count). The second-order valence-corrected chi connectivity index (χ2v) is 8.42. The Bertz CT molecular complexity index is 1150. The lowest BCUT2D eigenvalue weighted by atomic mass is 10.2. The summed E-state index contributed by atoms with van der Waals surface area (Å²) < 4.78 is 39.5. The van der Waals surface area contributed by atoms with Crippen molar-refractivity contribution in [1.82, 2.24) is 4.98 Å². The maximum absolute atomic E-state index is 11.9. The Morgan fingerprint density at radius 3 is 2.23 bits per heavy atom. The van der Waals surface area contributed by atoms with Gasteiger partial charge in [0.1, 0.15) is 11.3 Å². The van der Waals surface area contributed by atoms with E-state index in [-0.39, 0.29) is 11.5 Å². The molecule has 0 saturated carbocycles. The monoisotopic (exact) mass is 439 g/mol. The third kappa shape index (κ3) is 6.94. The Morgan fingerprint density at radius 1 is 0.839 bits per heavy atom. The second-order valence-electron chi connectivity index (χ2n) is 6.80. The summed E-state index contributed by atoms with van der Waals surface area (Å²) in [5.41, 5.74) is 2.80. The lowest BCUT2D eigenvalue weighted by molar-refractivity contribution is 0.250. The summed E-state index contributed by atoms with van der Waals surface area (Å²) in [5, 5.41) is 0. The van der Waals surface area contributed by atoms with Crippen molar-refractivity contribution in [3.05, 3.63) is 90.3 Å². The molecule has 162 valence electrons. The van der Waals surface area contributed by atoms with E-state index < -0.39 is 10.1 Å². The second kappa shape index (κ2) is 10.7. The number of para-hydroxylation sites is 3. The number of ether oxygens (including phenoxy) is 1. The van der Waals surface area contributed by atoms with Crippen LogP contribution in [0, 0.1) is 13.8 Å². The first kappa shape index (κ1) is 22.5. The first-order valence-electron chi connectivity index (χ1n) is 9.90. The average molecular weight is 440 g/mol. The predicted molar refractivity (Wildman–Crippen MR) is 120 cm³/mol. The Hall–Kier alpha value is -3.16. The standard InChI is InChI=1S/C16H18O4S.C8H7NO/c1-14-8-10-16(11-9-14)21(17,18)20-13-5-12-19-15-6-3-2-4-7-15;1-6-9-7-4-2-3-5-8(7)10-6/h2-4,6-11H,5,12-13H2,1H3;2-5H,1H3. The highest BCUT2D eigenvalue weighted by atomic mass is 32.2. The van der Waals surface area contributed by atoms with Crippen molar-refractivity contribution in [3.63, 3.8) is 0 Å². The van der Waals surface area contributed by atoms with Crippen LogP contribution in [0.5, 0.6) is 5.75 Å². The molecule has 3 aromatic carbocycles. The molecule has 0 radical (unpaired) electrons. The van der Waals surface area contributed by atoms with Crippen LogP contribution in [0.25, 0.3) is 11.1 Å². The lowest BCUT2D eigenvalue weighted by Crippen LogP contribution is -2.10. The summed E-state index contributed by atoms with van der Waals surface area (Å²) in [6.07, 6.45) is 0.500. The maximum atomic E-state index is 11.9. The van der Waals surface area contributed by atoms with Crippen molar-refractivity contribution < 1.29 is 21.8 Å². The number of fused-ring (bicyclic) bond motifs is 1. The van der Waals surface area contributed by atoms with E-state index in [0.29, 0.717) is 13.0 Å². The van der Waals surface area contributed by atoms with E-state index in [1.165, 1.54) is 0 Å². The number of hydrogen-bond acceptors (Lipinski definition) is 6. The van der Waals surface area contributed by atoms with Gasteiger partial charge in [0, 0.05) is 13.3 Å². The van der Waals surface area contributed by atoms with Gasteiger partial charge < -0.3 is 9.15 Å². The van der Waals surface area contributed by atoms with Crippen molar-refractivity contribution in [2.24, 2.45) is 0 Å². The van der Waals surface area contributed by atoms with Gasteiger partial charge >= 0.3 is 0 Å². The molecule has 0 bridgehead atoms. The van der Waals surface area contributed by atoms with Crippen LogP contribution in [-0.2, 0) is 14.3 Å². The van der Waals surface area contributed by atoms with Crippen LogP contribution in [0.3, 0.4) is 0 Å². The van der Waals surface area contributed by atoms with E-state index in [1.54, 1.807) is 24.3 Å². The fourth-order valence-electron chi connectivity index (χ4n) is 2.69. The van der Waals surface area contributed by atoms with Gasteiger partial charge in [-0.2, -0.15) is 8.42 Å². The minimum atomic E-state index is -3.68. The number of nitrogens with zero attached hydrogens (tertiary/aromatic N) is 1. The normalized spacial score (nSPS) is 11.0. The number of oxazole rings is 1. The van der Waals surface area contributed by atoms with E-state index in [2.05, 4.69) is 4.98 Å². The molecule has 0 N–H and O–H groups in total. The molecule has 0 aliphatic rings. The van der Waals surface area contributed by atoms with E-state index >= 15 is 0 Å². The third-order valence-electron chi connectivity index (χ3n) is 4.25. The topological polar surface area (TPSA) is 78.6 Å². The van der Waals surface area contributed by atoms with Crippen molar-refractivity contribution in [1.29, 1.82) is 0 Å². The molecule has 0 aliphatic carbocycles. The third-order valence-corrected chi connectivity index (χ3v) is 5.58. The van der Waals surface area contributed by atoms with Gasteiger partial charge in [-0.25, -0.2) is 4.98 Å². The molecule has 0 atom stereocenters. The van der Waals surface area contributed by atoms with Crippen LogP contribution >= 0.6 is 0 Å². The fourth-order valence-corrected chi connectivity index (χ4v) is 3.64. The summed E-state index contributed by atoms with van der Waals surface area (Å²) in [7, 11) is -3.68. The Balaban J connectivity index is 0.000000225. The average Bonchev–Trinajstić information content (AvgIpc) is 3.15. The summed E-state index contributed by atoms with van der Waals surface area (Å²) in [4.78, 5) is 4.32. The molecule has 0 amide bonds. The van der Waals surface area contributed by atoms with E-state index in [4.69, 9.17) is 13.3 Å². The molecule has 1 aromatic heterocycles. The lowest BCUT2D eigenvalue weighted by Gasteiger charge is -2.07. The summed E-state index contributed by atoms with van der Waals surface area (Å²) in [6, 6.07) is 23.7. The zero-order valence-corrected chi connectivity index (χ0v) is 18.3. The van der Waals surface area contributed by atoms with E-state index in [1.807, 2.05) is 68.4 Å². The van der Waals surface area contributed by atoms with Gasteiger partial charge in [0.05, 0.1) is 18.1 Å². The van der Waals surface area contributed by atoms with Crippen molar-refractivity contribution in [2.75, 3.05) is 13.2 Å². The first-order chi connectivity index (χ1) is 14.9. The Morgan fingerprint density at radius 2 is 1.52 bits per heavy atom. The fraction of sp³-hybridized carbons (Fsp3) is 0.208. The smallest absolute Gasteiger partial charge is 0.296 e. The SMILES string of the molecule is Cc1ccc(S(=O)(=O)OCCCOc2ccccc2)cc1.Cc1nc2ccccc2o1. The van der Waals surface area contributed by atoms with Crippen LogP contribution in [-0.4, -0.2) is 26.6 Å². The summed E-state index contributed by atoms with van der Waals surface area (Å²) in [6.45, 7) is 4.26. The van der Waals surface area contributed by atoms with Gasteiger partial charge in [-0.15, -0.1) is 0 Å². The highest BCUT2D eigenvalue weighted by Crippen LogP contribution is 2.14. The van der Waals surface area contributed by atoms with Crippen LogP contribution in [0.2, 0.25) is 0 Å². The zero-order valence-electron chi connectivity index (χ0n) is 17.5. The van der Waals surface area contributed by atoms with Gasteiger partial charge in [-0.05, 0) is 43.3 Å². The zero-order chi connectivity index (χ0) is 22.1. The van der Waals surface area contributed by atoms with E-state index in [9.17, 15) is 8.42 Å². The maximum Gasteiger partial charge on any atom is 0.296 e. The largest absolute Gasteiger partial charge is 0.494 e. The van der Waals surface area contributed by atoms with Crippen LogP contribution in [0.4, 0.5) is 0 Å². The molecule has 0 fully saturated rings. The van der Waals surface area contributed by atoms with E-state index in [0.717, 1.165) is 28.3 Å². The Kier molecular flexibility index (Phi) is 7.81. The number of aryl methyl sites for hydroxylation is 2. The molecule has 1 heterocycles. The van der Waals surface area contributed by atoms with Gasteiger partial charge in [-0.3, -0.25) is 4.18 Å². The number of benzene rings is 3. The number of hydrogen-bond donors (Lipinski definition) is 0. The van der Waals surface area contributed by atoms with Crippen molar-refractivity contribution in [3.8, 4) is 5.75 Å². The van der Waals surface area contributed by atoms with Crippen LogP contribution < -0.4 is 4.74 Å². The molecule has 6 nitrogen and oxygen atoms in total. The Labute approximate surface area is 182 Å². The van der Waals surface area contributed by atoms with Gasteiger partial charge in [-0.1, -0.05) is 48.0 Å². The summed E-state index contributed by atoms with van der Waals surface area (Å²) >= 11 is 0. The van der Waals surface area contributed by atoms with Gasteiger partial charge in [0.15, 0.2) is 11.5 Å². The van der Waals surface area contributed by atoms with Gasteiger partial charge in [0.25, 0.3) is 10.1 Å². The molecule has 0 spiro atoms. The number of aromatic nitrogens is 1. The first-order valence-corrected chi connectivity index (χ1v) is 11.3.